The van der Waals surface area contributed by atoms with E-state index < -0.39 is 0 Å². The van der Waals surface area contributed by atoms with Gasteiger partial charge in [0.25, 0.3) is 0 Å². The third-order valence-corrected chi connectivity index (χ3v) is 3.43. The van der Waals surface area contributed by atoms with Crippen molar-refractivity contribution < 1.29 is 4.79 Å². The van der Waals surface area contributed by atoms with Crippen LogP contribution in [0.3, 0.4) is 0 Å². The first-order valence-electron chi connectivity index (χ1n) is 6.05. The van der Waals surface area contributed by atoms with Crippen LogP contribution in [0.25, 0.3) is 0 Å². The standard InChI is InChI=1S/C13H16N4OS/c1-10(7-11-3-2-6-19-11)16-9-13(18)17-12-8-14-4-5-15-12/h2-6,8,10,16H,7,9H2,1H3,(H,15,17,18)/t10-/m1/s1. The molecule has 0 aliphatic heterocycles. The Bertz CT molecular complexity index is 501. The molecule has 0 aromatic carbocycles. The van der Waals surface area contributed by atoms with Crippen molar-refractivity contribution in [3.8, 4) is 0 Å². The maximum atomic E-state index is 11.7. The molecule has 6 heteroatoms. The fraction of sp³-hybridized carbons (Fsp3) is 0.308. The number of rotatable bonds is 6. The number of thiophene rings is 1. The van der Waals surface area contributed by atoms with Crippen molar-refractivity contribution in [1.82, 2.24) is 15.3 Å². The van der Waals surface area contributed by atoms with Crippen LogP contribution in [0.1, 0.15) is 11.8 Å². The quantitative estimate of drug-likeness (QED) is 0.842. The molecule has 0 fully saturated rings. The number of carbonyl (C=O) groups excluding carboxylic acids is 1. The van der Waals surface area contributed by atoms with Gasteiger partial charge in [-0.15, -0.1) is 11.3 Å². The summed E-state index contributed by atoms with van der Waals surface area (Å²) in [6.45, 7) is 2.33. The van der Waals surface area contributed by atoms with Crippen LogP contribution in [-0.4, -0.2) is 28.5 Å². The molecule has 0 saturated carbocycles. The van der Waals surface area contributed by atoms with Gasteiger partial charge in [0.2, 0.25) is 5.91 Å². The summed E-state index contributed by atoms with van der Waals surface area (Å²) in [6.07, 6.45) is 5.56. The van der Waals surface area contributed by atoms with Gasteiger partial charge in [-0.1, -0.05) is 6.07 Å². The van der Waals surface area contributed by atoms with Crippen LogP contribution < -0.4 is 10.6 Å². The first-order chi connectivity index (χ1) is 9.24. The van der Waals surface area contributed by atoms with Gasteiger partial charge >= 0.3 is 0 Å². The van der Waals surface area contributed by atoms with Crippen molar-refractivity contribution in [2.45, 2.75) is 19.4 Å². The second kappa shape index (κ2) is 6.96. The molecule has 1 amide bonds. The van der Waals surface area contributed by atoms with Gasteiger partial charge in [0, 0.05) is 23.3 Å². The van der Waals surface area contributed by atoms with E-state index in [1.54, 1.807) is 23.7 Å². The van der Waals surface area contributed by atoms with Crippen molar-refractivity contribution in [2.24, 2.45) is 0 Å². The minimum atomic E-state index is -0.112. The zero-order valence-corrected chi connectivity index (χ0v) is 11.5. The molecule has 5 nitrogen and oxygen atoms in total. The zero-order chi connectivity index (χ0) is 13.5. The summed E-state index contributed by atoms with van der Waals surface area (Å²) in [5.74, 6) is 0.360. The second-order valence-electron chi connectivity index (χ2n) is 4.20. The molecule has 0 unspecified atom stereocenters. The summed E-state index contributed by atoms with van der Waals surface area (Å²) >= 11 is 1.73. The lowest BCUT2D eigenvalue weighted by atomic mass is 10.2. The summed E-state index contributed by atoms with van der Waals surface area (Å²) in [6, 6.07) is 4.39. The van der Waals surface area contributed by atoms with Gasteiger partial charge in [-0.2, -0.15) is 0 Å². The maximum Gasteiger partial charge on any atom is 0.239 e. The Hall–Kier alpha value is -1.79. The summed E-state index contributed by atoms with van der Waals surface area (Å²) in [5, 5.41) is 7.93. The fourth-order valence-corrected chi connectivity index (χ4v) is 2.46. The number of aromatic nitrogens is 2. The van der Waals surface area contributed by atoms with Crippen LogP contribution in [0.4, 0.5) is 5.82 Å². The maximum absolute atomic E-state index is 11.7. The predicted molar refractivity (Wildman–Crippen MR) is 76.1 cm³/mol. The Labute approximate surface area is 116 Å². The molecule has 2 heterocycles. The molecule has 0 aliphatic rings. The first-order valence-corrected chi connectivity index (χ1v) is 6.93. The van der Waals surface area contributed by atoms with Crippen molar-refractivity contribution in [3.63, 3.8) is 0 Å². The molecule has 19 heavy (non-hydrogen) atoms. The fourth-order valence-electron chi connectivity index (χ4n) is 1.62. The number of anilines is 1. The normalized spacial score (nSPS) is 12.1. The van der Waals surface area contributed by atoms with Gasteiger partial charge in [-0.05, 0) is 24.8 Å². The number of hydrogen-bond donors (Lipinski definition) is 2. The van der Waals surface area contributed by atoms with Crippen LogP contribution in [0, 0.1) is 0 Å². The van der Waals surface area contributed by atoms with Crippen molar-refractivity contribution in [1.29, 1.82) is 0 Å². The number of carbonyl (C=O) groups is 1. The molecule has 0 spiro atoms. The van der Waals surface area contributed by atoms with E-state index in [4.69, 9.17) is 0 Å². The highest BCUT2D eigenvalue weighted by Gasteiger charge is 2.07. The van der Waals surface area contributed by atoms with E-state index in [0.29, 0.717) is 5.82 Å². The molecule has 2 aromatic rings. The van der Waals surface area contributed by atoms with Crippen molar-refractivity contribution >= 4 is 23.1 Å². The van der Waals surface area contributed by atoms with E-state index in [1.165, 1.54) is 11.1 Å². The highest BCUT2D eigenvalue weighted by atomic mass is 32.1. The van der Waals surface area contributed by atoms with Gasteiger partial charge in [-0.25, -0.2) is 4.98 Å². The highest BCUT2D eigenvalue weighted by molar-refractivity contribution is 7.09. The molecule has 0 aliphatic carbocycles. The molecule has 0 radical (unpaired) electrons. The molecule has 2 aromatic heterocycles. The SMILES string of the molecule is C[C@H](Cc1cccs1)NCC(=O)Nc1cnccn1. The first kappa shape index (κ1) is 13.6. The topological polar surface area (TPSA) is 66.9 Å². The van der Waals surface area contributed by atoms with Gasteiger partial charge in [0.05, 0.1) is 12.7 Å². The minimum absolute atomic E-state index is 0.112. The number of nitrogens with one attached hydrogen (secondary N) is 2. The molecular formula is C13H16N4OS. The third kappa shape index (κ3) is 4.76. The molecule has 2 rings (SSSR count). The average molecular weight is 276 g/mol. The average Bonchev–Trinajstić information content (AvgIpc) is 2.90. The van der Waals surface area contributed by atoms with E-state index in [9.17, 15) is 4.79 Å². The smallest absolute Gasteiger partial charge is 0.239 e. The Balaban J connectivity index is 1.71. The monoisotopic (exact) mass is 276 g/mol. The van der Waals surface area contributed by atoms with Crippen LogP contribution >= 0.6 is 11.3 Å². The van der Waals surface area contributed by atoms with Crippen LogP contribution in [-0.2, 0) is 11.2 Å². The molecule has 1 atom stereocenters. The Morgan fingerprint density at radius 1 is 1.47 bits per heavy atom. The number of amides is 1. The van der Waals surface area contributed by atoms with Crippen LogP contribution in [0.5, 0.6) is 0 Å². The van der Waals surface area contributed by atoms with Gasteiger partial charge in [-0.3, -0.25) is 9.78 Å². The molecule has 2 N–H and O–H groups in total. The third-order valence-electron chi connectivity index (χ3n) is 2.53. The van der Waals surface area contributed by atoms with Crippen LogP contribution in [0.15, 0.2) is 36.1 Å². The van der Waals surface area contributed by atoms with Gasteiger partial charge in [0.1, 0.15) is 0 Å². The lowest BCUT2D eigenvalue weighted by molar-refractivity contribution is -0.115. The van der Waals surface area contributed by atoms with E-state index >= 15 is 0 Å². The molecular weight excluding hydrogens is 260 g/mol. The van der Waals surface area contributed by atoms with E-state index in [-0.39, 0.29) is 18.5 Å². The predicted octanol–water partition coefficient (Wildman–Crippen LogP) is 1.70. The number of nitrogens with zero attached hydrogens (tertiary/aromatic N) is 2. The lowest BCUT2D eigenvalue weighted by Gasteiger charge is -2.12. The zero-order valence-electron chi connectivity index (χ0n) is 10.7. The summed E-state index contributed by atoms with van der Waals surface area (Å²) in [4.78, 5) is 20.9. The van der Waals surface area contributed by atoms with E-state index in [2.05, 4.69) is 39.0 Å². The molecule has 0 saturated heterocycles. The van der Waals surface area contributed by atoms with Crippen LogP contribution in [0.2, 0.25) is 0 Å². The van der Waals surface area contributed by atoms with Crippen molar-refractivity contribution in [2.75, 3.05) is 11.9 Å². The molecule has 0 bridgehead atoms. The van der Waals surface area contributed by atoms with Gasteiger partial charge in [0.15, 0.2) is 5.82 Å². The van der Waals surface area contributed by atoms with Gasteiger partial charge < -0.3 is 10.6 Å². The van der Waals surface area contributed by atoms with E-state index in [0.717, 1.165) is 6.42 Å². The van der Waals surface area contributed by atoms with Crippen molar-refractivity contribution in [3.05, 3.63) is 41.0 Å². The number of hydrogen-bond acceptors (Lipinski definition) is 5. The lowest BCUT2D eigenvalue weighted by Crippen LogP contribution is -2.35. The van der Waals surface area contributed by atoms with E-state index in [1.807, 2.05) is 6.07 Å². The Kier molecular flexibility index (Phi) is 5.00. The summed E-state index contributed by atoms with van der Waals surface area (Å²) < 4.78 is 0. The minimum Gasteiger partial charge on any atom is -0.308 e. The highest BCUT2D eigenvalue weighted by Crippen LogP contribution is 2.10. The Morgan fingerprint density at radius 3 is 3.05 bits per heavy atom. The largest absolute Gasteiger partial charge is 0.308 e. The Morgan fingerprint density at radius 2 is 2.37 bits per heavy atom. The summed E-state index contributed by atoms with van der Waals surface area (Å²) in [5.41, 5.74) is 0. The summed E-state index contributed by atoms with van der Waals surface area (Å²) in [7, 11) is 0. The second-order valence-corrected chi connectivity index (χ2v) is 5.24. The molecule has 100 valence electrons.